The molecule has 0 aliphatic carbocycles. The summed E-state index contributed by atoms with van der Waals surface area (Å²) >= 11 is 5.05. The Kier molecular flexibility index (Phi) is 6.60. The number of H-pyrrole nitrogens is 1. The predicted molar refractivity (Wildman–Crippen MR) is 105 cm³/mol. The van der Waals surface area contributed by atoms with Crippen molar-refractivity contribution in [2.24, 2.45) is 7.05 Å². The fraction of sp³-hybridized carbons (Fsp3) is 0.471. The number of carbonyl (C=O) groups excluding carboxylic acids is 1. The molecule has 0 saturated carbocycles. The van der Waals surface area contributed by atoms with E-state index in [4.69, 9.17) is 17.0 Å². The molecule has 1 aliphatic rings. The van der Waals surface area contributed by atoms with Gasteiger partial charge in [0.1, 0.15) is 5.82 Å². The SMILES string of the molecule is Cn1c(CCNC(=O)c2cccc(S(=O)(=O)NCC3CCCO3)c2)n[nH]c1=S. The first-order valence-electron chi connectivity index (χ1n) is 8.96. The zero-order valence-corrected chi connectivity index (χ0v) is 17.1. The highest BCUT2D eigenvalue weighted by Crippen LogP contribution is 2.14. The number of nitrogens with one attached hydrogen (secondary N) is 3. The molecule has 1 amide bonds. The van der Waals surface area contributed by atoms with E-state index in [1.807, 2.05) is 0 Å². The van der Waals surface area contributed by atoms with E-state index >= 15 is 0 Å². The number of aromatic nitrogens is 3. The lowest BCUT2D eigenvalue weighted by molar-refractivity contribution is 0.0953. The van der Waals surface area contributed by atoms with Crippen LogP contribution in [0.15, 0.2) is 29.2 Å². The smallest absolute Gasteiger partial charge is 0.251 e. The molecule has 1 aromatic carbocycles. The molecule has 1 atom stereocenters. The minimum atomic E-state index is -3.71. The fourth-order valence-electron chi connectivity index (χ4n) is 2.89. The summed E-state index contributed by atoms with van der Waals surface area (Å²) < 4.78 is 35.2. The summed E-state index contributed by atoms with van der Waals surface area (Å²) in [6, 6.07) is 5.95. The number of sulfonamides is 1. The average molecular weight is 426 g/mol. The quantitative estimate of drug-likeness (QED) is 0.541. The molecule has 28 heavy (non-hydrogen) atoms. The second-order valence-corrected chi connectivity index (χ2v) is 8.68. The van der Waals surface area contributed by atoms with Gasteiger partial charge in [-0.15, -0.1) is 0 Å². The van der Waals surface area contributed by atoms with E-state index in [0.717, 1.165) is 18.7 Å². The molecular formula is C17H23N5O4S2. The van der Waals surface area contributed by atoms with Crippen LogP contribution in [0, 0.1) is 4.77 Å². The molecule has 11 heteroatoms. The summed E-state index contributed by atoms with van der Waals surface area (Å²) in [5.74, 6) is 0.368. The van der Waals surface area contributed by atoms with Gasteiger partial charge < -0.3 is 14.6 Å². The van der Waals surface area contributed by atoms with Crippen molar-refractivity contribution in [1.82, 2.24) is 24.8 Å². The van der Waals surface area contributed by atoms with Gasteiger partial charge in [0.15, 0.2) is 4.77 Å². The van der Waals surface area contributed by atoms with Crippen molar-refractivity contribution in [2.75, 3.05) is 19.7 Å². The van der Waals surface area contributed by atoms with Crippen LogP contribution in [0.2, 0.25) is 0 Å². The Morgan fingerprint density at radius 1 is 1.46 bits per heavy atom. The molecule has 1 saturated heterocycles. The number of rotatable bonds is 8. The standard InChI is InChI=1S/C17H23N5O4S2/c1-22-15(20-21-17(22)27)7-8-18-16(23)12-4-2-6-14(10-12)28(24,25)19-11-13-5-3-9-26-13/h2,4,6,10,13,19H,3,5,7-9,11H2,1H3,(H,18,23)(H,21,27). The molecule has 1 aliphatic heterocycles. The van der Waals surface area contributed by atoms with Crippen LogP contribution in [0.3, 0.4) is 0 Å². The Morgan fingerprint density at radius 2 is 2.29 bits per heavy atom. The number of carbonyl (C=O) groups is 1. The molecule has 3 N–H and O–H groups in total. The van der Waals surface area contributed by atoms with Crippen LogP contribution in [0.5, 0.6) is 0 Å². The van der Waals surface area contributed by atoms with Gasteiger partial charge in [0.25, 0.3) is 5.91 Å². The lowest BCUT2D eigenvalue weighted by Crippen LogP contribution is -2.32. The Morgan fingerprint density at radius 3 is 2.96 bits per heavy atom. The molecule has 1 fully saturated rings. The normalized spacial score (nSPS) is 17.0. The largest absolute Gasteiger partial charge is 0.377 e. The first kappa shape index (κ1) is 20.6. The van der Waals surface area contributed by atoms with Gasteiger partial charge in [-0.1, -0.05) is 6.07 Å². The maximum absolute atomic E-state index is 12.5. The third-order valence-electron chi connectivity index (χ3n) is 4.54. The van der Waals surface area contributed by atoms with Crippen LogP contribution in [0.25, 0.3) is 0 Å². The van der Waals surface area contributed by atoms with E-state index in [0.29, 0.717) is 24.3 Å². The van der Waals surface area contributed by atoms with Crippen molar-refractivity contribution in [2.45, 2.75) is 30.3 Å². The number of nitrogens with zero attached hydrogens (tertiary/aromatic N) is 2. The summed E-state index contributed by atoms with van der Waals surface area (Å²) in [6.45, 7) is 1.23. The molecule has 0 radical (unpaired) electrons. The van der Waals surface area contributed by atoms with Crippen molar-refractivity contribution in [3.8, 4) is 0 Å². The predicted octanol–water partition coefficient (Wildman–Crippen LogP) is 0.907. The van der Waals surface area contributed by atoms with Gasteiger partial charge in [0.05, 0.1) is 11.0 Å². The number of benzene rings is 1. The molecule has 2 heterocycles. The van der Waals surface area contributed by atoms with Crippen molar-refractivity contribution < 1.29 is 17.9 Å². The van der Waals surface area contributed by atoms with E-state index in [1.165, 1.54) is 12.1 Å². The van der Waals surface area contributed by atoms with Crippen LogP contribution >= 0.6 is 12.2 Å². The maximum atomic E-state index is 12.5. The van der Waals surface area contributed by atoms with E-state index in [2.05, 4.69) is 20.2 Å². The average Bonchev–Trinajstić information content (AvgIpc) is 3.32. The minimum absolute atomic E-state index is 0.0487. The van der Waals surface area contributed by atoms with E-state index in [-0.39, 0.29) is 29.0 Å². The third-order valence-corrected chi connectivity index (χ3v) is 6.32. The van der Waals surface area contributed by atoms with E-state index < -0.39 is 10.0 Å². The van der Waals surface area contributed by atoms with E-state index in [9.17, 15) is 13.2 Å². The van der Waals surface area contributed by atoms with Crippen LogP contribution in [0.4, 0.5) is 0 Å². The van der Waals surface area contributed by atoms with E-state index in [1.54, 1.807) is 23.7 Å². The van der Waals surface area contributed by atoms with Gasteiger partial charge in [0.2, 0.25) is 10.0 Å². The fourth-order valence-corrected chi connectivity index (χ4v) is 4.15. The Labute approximate surface area is 168 Å². The lowest BCUT2D eigenvalue weighted by Gasteiger charge is -2.12. The zero-order chi connectivity index (χ0) is 20.1. The summed E-state index contributed by atoms with van der Waals surface area (Å²) in [6.07, 6.45) is 2.17. The number of ether oxygens (including phenoxy) is 1. The Bertz CT molecular complexity index is 993. The van der Waals surface area contributed by atoms with Crippen LogP contribution < -0.4 is 10.0 Å². The van der Waals surface area contributed by atoms with Gasteiger partial charge in [-0.05, 0) is 43.3 Å². The molecule has 1 aromatic heterocycles. The second-order valence-electron chi connectivity index (χ2n) is 6.52. The van der Waals surface area contributed by atoms with Crippen molar-refractivity contribution in [3.63, 3.8) is 0 Å². The molecule has 0 spiro atoms. The molecule has 1 unspecified atom stereocenters. The monoisotopic (exact) mass is 425 g/mol. The van der Waals surface area contributed by atoms with Gasteiger partial charge in [0, 0.05) is 38.7 Å². The molecule has 152 valence electrons. The zero-order valence-electron chi connectivity index (χ0n) is 15.5. The van der Waals surface area contributed by atoms with Crippen molar-refractivity contribution in [1.29, 1.82) is 0 Å². The highest BCUT2D eigenvalue weighted by atomic mass is 32.2. The van der Waals surface area contributed by atoms with Crippen LogP contribution in [-0.2, 0) is 28.2 Å². The maximum Gasteiger partial charge on any atom is 0.251 e. The van der Waals surface area contributed by atoms with Gasteiger partial charge in [-0.25, -0.2) is 13.1 Å². The summed E-state index contributed by atoms with van der Waals surface area (Å²) in [5.41, 5.74) is 0.273. The summed E-state index contributed by atoms with van der Waals surface area (Å²) in [4.78, 5) is 12.4. The van der Waals surface area contributed by atoms with Gasteiger partial charge in [-0.3, -0.25) is 9.89 Å². The first-order valence-corrected chi connectivity index (χ1v) is 10.9. The highest BCUT2D eigenvalue weighted by Gasteiger charge is 2.21. The number of hydrogen-bond donors (Lipinski definition) is 3. The number of hydrogen-bond acceptors (Lipinski definition) is 6. The van der Waals surface area contributed by atoms with Gasteiger partial charge >= 0.3 is 0 Å². The number of aromatic amines is 1. The van der Waals surface area contributed by atoms with Crippen LogP contribution in [-0.4, -0.2) is 54.9 Å². The topological polar surface area (TPSA) is 118 Å². The highest BCUT2D eigenvalue weighted by molar-refractivity contribution is 7.89. The molecule has 0 bridgehead atoms. The Balaban J connectivity index is 1.58. The van der Waals surface area contributed by atoms with Crippen LogP contribution in [0.1, 0.15) is 29.0 Å². The molecule has 2 aromatic rings. The minimum Gasteiger partial charge on any atom is -0.377 e. The second kappa shape index (κ2) is 8.95. The molecule has 3 rings (SSSR count). The molecule has 9 nitrogen and oxygen atoms in total. The summed E-state index contributed by atoms with van der Waals surface area (Å²) in [5, 5.41) is 9.53. The lowest BCUT2D eigenvalue weighted by atomic mass is 10.2. The Hall–Kier alpha value is -2.08. The van der Waals surface area contributed by atoms with Gasteiger partial charge in [-0.2, -0.15) is 5.10 Å². The summed E-state index contributed by atoms with van der Waals surface area (Å²) in [7, 11) is -1.92. The first-order chi connectivity index (χ1) is 13.4. The third kappa shape index (κ3) is 5.04. The molecular weight excluding hydrogens is 402 g/mol. The van der Waals surface area contributed by atoms with Crippen molar-refractivity contribution in [3.05, 3.63) is 40.4 Å². The number of amides is 1. The van der Waals surface area contributed by atoms with Crippen molar-refractivity contribution >= 4 is 28.1 Å².